The predicted octanol–water partition coefficient (Wildman–Crippen LogP) is 3.91. The molecule has 1 aliphatic heterocycles. The molecule has 0 bridgehead atoms. The number of ether oxygens (including phenoxy) is 1. The second kappa shape index (κ2) is 6.72. The minimum absolute atomic E-state index is 0.0318. The fraction of sp³-hybridized carbons (Fsp3) is 0.350. The van der Waals surface area contributed by atoms with E-state index in [2.05, 4.69) is 24.0 Å². The zero-order valence-electron chi connectivity index (χ0n) is 15.9. The normalized spacial score (nSPS) is 16.9. The highest BCUT2D eigenvalue weighted by molar-refractivity contribution is 7.98. The van der Waals surface area contributed by atoms with Crippen molar-refractivity contribution in [3.8, 4) is 5.69 Å². The number of nitrogens with zero attached hydrogens (tertiary/aromatic N) is 4. The van der Waals surface area contributed by atoms with Crippen LogP contribution in [0.4, 0.5) is 0 Å². The summed E-state index contributed by atoms with van der Waals surface area (Å²) in [5.41, 5.74) is 1.89. The van der Waals surface area contributed by atoms with E-state index in [4.69, 9.17) is 4.74 Å². The first-order chi connectivity index (χ1) is 13.6. The molecule has 0 unspecified atom stereocenters. The largest absolute Gasteiger partial charge is 0.372 e. The van der Waals surface area contributed by atoms with Gasteiger partial charge >= 0.3 is 0 Å². The minimum atomic E-state index is -0.0318. The van der Waals surface area contributed by atoms with Gasteiger partial charge in [-0.1, -0.05) is 43.8 Å². The molecule has 1 atom stereocenters. The van der Waals surface area contributed by atoms with E-state index >= 15 is 0 Å². The van der Waals surface area contributed by atoms with Crippen LogP contribution in [0.3, 0.4) is 0 Å². The lowest BCUT2D eigenvalue weighted by atomic mass is 9.96. The third-order valence-electron chi connectivity index (χ3n) is 5.28. The average Bonchev–Trinajstić information content (AvgIpc) is 3.29. The quantitative estimate of drug-likeness (QED) is 0.478. The Morgan fingerprint density at radius 2 is 2.04 bits per heavy atom. The van der Waals surface area contributed by atoms with E-state index in [1.807, 2.05) is 41.0 Å². The number of benzene rings is 1. The van der Waals surface area contributed by atoms with Gasteiger partial charge in [0.2, 0.25) is 5.78 Å². The molecule has 1 aromatic carbocycles. The van der Waals surface area contributed by atoms with Crippen molar-refractivity contribution in [1.82, 2.24) is 19.2 Å². The van der Waals surface area contributed by atoms with Gasteiger partial charge in [-0.3, -0.25) is 4.79 Å². The molecule has 144 valence electrons. The van der Waals surface area contributed by atoms with Gasteiger partial charge < -0.3 is 4.74 Å². The Kier molecular flexibility index (Phi) is 4.30. The average molecular weight is 413 g/mol. The highest BCUT2D eigenvalue weighted by atomic mass is 32.2. The lowest BCUT2D eigenvalue weighted by Crippen LogP contribution is -2.28. The smallest absolute Gasteiger partial charge is 0.268 e. The highest BCUT2D eigenvalue weighted by Gasteiger charge is 2.29. The molecule has 3 aromatic heterocycles. The summed E-state index contributed by atoms with van der Waals surface area (Å²) in [5.74, 6) is 0.952. The van der Waals surface area contributed by atoms with Crippen molar-refractivity contribution >= 4 is 39.1 Å². The fourth-order valence-electron chi connectivity index (χ4n) is 3.81. The van der Waals surface area contributed by atoms with Crippen LogP contribution in [-0.2, 0) is 17.8 Å². The summed E-state index contributed by atoms with van der Waals surface area (Å²) in [6, 6.07) is 9.66. The van der Waals surface area contributed by atoms with E-state index in [-0.39, 0.29) is 11.7 Å². The van der Waals surface area contributed by atoms with Crippen LogP contribution in [0.2, 0.25) is 0 Å². The summed E-state index contributed by atoms with van der Waals surface area (Å²) in [6.07, 6.45) is 2.87. The van der Waals surface area contributed by atoms with Gasteiger partial charge in [0, 0.05) is 11.3 Å². The molecule has 0 N–H and O–H groups in total. The molecule has 4 aromatic rings. The maximum atomic E-state index is 13.7. The molecule has 0 saturated carbocycles. The van der Waals surface area contributed by atoms with Gasteiger partial charge in [-0.05, 0) is 29.9 Å². The van der Waals surface area contributed by atoms with Gasteiger partial charge in [0.05, 0.1) is 23.8 Å². The van der Waals surface area contributed by atoms with Crippen LogP contribution < -0.4 is 5.56 Å². The van der Waals surface area contributed by atoms with Gasteiger partial charge in [-0.25, -0.2) is 8.97 Å². The molecular weight excluding hydrogens is 392 g/mol. The van der Waals surface area contributed by atoms with Crippen molar-refractivity contribution in [2.24, 2.45) is 5.92 Å². The van der Waals surface area contributed by atoms with Crippen LogP contribution in [0, 0.1) is 5.92 Å². The summed E-state index contributed by atoms with van der Waals surface area (Å²) in [5, 5.41) is 10.2. The molecule has 0 aliphatic carbocycles. The first-order valence-electron chi connectivity index (χ1n) is 9.25. The Morgan fingerprint density at radius 3 is 2.75 bits per heavy atom. The second-order valence-electron chi connectivity index (χ2n) is 7.28. The van der Waals surface area contributed by atoms with Crippen LogP contribution in [0.15, 0.2) is 40.3 Å². The second-order valence-corrected chi connectivity index (χ2v) is 9.14. The Morgan fingerprint density at radius 1 is 1.25 bits per heavy atom. The van der Waals surface area contributed by atoms with Gasteiger partial charge in [0.25, 0.3) is 5.56 Å². The van der Waals surface area contributed by atoms with Gasteiger partial charge in [-0.2, -0.15) is 0 Å². The van der Waals surface area contributed by atoms with Crippen molar-refractivity contribution in [2.75, 3.05) is 6.26 Å². The highest BCUT2D eigenvalue weighted by Crippen LogP contribution is 2.37. The number of fused-ring (bicyclic) bond motifs is 5. The van der Waals surface area contributed by atoms with Gasteiger partial charge in [0.1, 0.15) is 4.83 Å². The zero-order chi connectivity index (χ0) is 19.4. The molecule has 1 aliphatic rings. The maximum absolute atomic E-state index is 13.7. The molecule has 4 heterocycles. The van der Waals surface area contributed by atoms with Gasteiger partial charge in [0.15, 0.2) is 5.16 Å². The van der Waals surface area contributed by atoms with E-state index in [9.17, 15) is 4.79 Å². The molecule has 28 heavy (non-hydrogen) atoms. The van der Waals surface area contributed by atoms with E-state index in [1.165, 1.54) is 11.8 Å². The molecule has 0 saturated heterocycles. The number of hydrogen-bond acceptors (Lipinski definition) is 6. The minimum Gasteiger partial charge on any atom is -0.372 e. The first-order valence-corrected chi connectivity index (χ1v) is 11.3. The monoisotopic (exact) mass is 412 g/mol. The summed E-state index contributed by atoms with van der Waals surface area (Å²) in [4.78, 5) is 15.7. The van der Waals surface area contributed by atoms with Crippen LogP contribution in [0.1, 0.15) is 24.3 Å². The van der Waals surface area contributed by atoms with E-state index in [0.29, 0.717) is 18.3 Å². The Bertz CT molecular complexity index is 1240. The zero-order valence-corrected chi connectivity index (χ0v) is 17.5. The Balaban J connectivity index is 1.91. The number of rotatable bonds is 3. The summed E-state index contributed by atoms with van der Waals surface area (Å²) in [6.45, 7) is 4.88. The fourth-order valence-corrected chi connectivity index (χ4v) is 5.59. The third-order valence-corrected chi connectivity index (χ3v) is 7.10. The van der Waals surface area contributed by atoms with Crippen LogP contribution in [-0.4, -0.2) is 31.5 Å². The number of hydrogen-bond donors (Lipinski definition) is 0. The van der Waals surface area contributed by atoms with Crippen molar-refractivity contribution in [2.45, 2.75) is 38.1 Å². The number of aromatic nitrogens is 4. The Labute approximate surface area is 170 Å². The molecule has 8 heteroatoms. The lowest BCUT2D eigenvalue weighted by Gasteiger charge is -2.26. The van der Waals surface area contributed by atoms with E-state index < -0.39 is 0 Å². The molecule has 0 radical (unpaired) electrons. The molecule has 5 rings (SSSR count). The predicted molar refractivity (Wildman–Crippen MR) is 113 cm³/mol. The molecule has 0 fully saturated rings. The van der Waals surface area contributed by atoms with Gasteiger partial charge in [-0.15, -0.1) is 21.5 Å². The summed E-state index contributed by atoms with van der Waals surface area (Å²) >= 11 is 3.16. The molecule has 0 amide bonds. The first kappa shape index (κ1) is 17.9. The van der Waals surface area contributed by atoms with Crippen molar-refractivity contribution in [3.05, 3.63) is 51.1 Å². The number of para-hydroxylation sites is 1. The lowest BCUT2D eigenvalue weighted by molar-refractivity contribution is 0.00200. The Hall–Kier alpha value is -2.16. The molecule has 0 spiro atoms. The summed E-state index contributed by atoms with van der Waals surface area (Å²) < 4.78 is 9.75. The van der Waals surface area contributed by atoms with Crippen molar-refractivity contribution in [1.29, 1.82) is 0 Å². The third kappa shape index (κ3) is 2.55. The maximum Gasteiger partial charge on any atom is 0.268 e. The number of thiophene rings is 1. The molecule has 6 nitrogen and oxygen atoms in total. The van der Waals surface area contributed by atoms with Crippen LogP contribution in [0.5, 0.6) is 0 Å². The number of thioether (sulfide) groups is 1. The standard InChI is InChI=1S/C20H20N4O2S2/c1-11(2)14-9-13-15(10-26-14)28-18-16(13)17(25)23(12-7-5-4-6-8-12)19-21-22-20(27-3)24(18)19/h4-8,11,14H,9-10H2,1-3H3/t14-/m0/s1. The summed E-state index contributed by atoms with van der Waals surface area (Å²) in [7, 11) is 0. The van der Waals surface area contributed by atoms with Crippen molar-refractivity contribution in [3.63, 3.8) is 0 Å². The van der Waals surface area contributed by atoms with Crippen molar-refractivity contribution < 1.29 is 4.74 Å². The van der Waals surface area contributed by atoms with Crippen LogP contribution in [0.25, 0.3) is 21.7 Å². The van der Waals surface area contributed by atoms with E-state index in [1.54, 1.807) is 15.9 Å². The SMILES string of the molecule is CSc1nnc2n(-c3ccccc3)c(=O)c3c4c(sc3n12)CO[C@H](C(C)C)C4. The topological polar surface area (TPSA) is 61.4 Å². The van der Waals surface area contributed by atoms with E-state index in [0.717, 1.165) is 37.9 Å². The van der Waals surface area contributed by atoms with Crippen LogP contribution >= 0.6 is 23.1 Å². The molecular formula is C20H20N4O2S2.